The fraction of sp³-hybridized carbons (Fsp3) is 0.0833. The van der Waals surface area contributed by atoms with E-state index >= 15 is 0 Å². The first kappa shape index (κ1) is 15.5. The van der Waals surface area contributed by atoms with Crippen LogP contribution in [-0.2, 0) is 6.54 Å². The molecule has 0 amide bonds. The van der Waals surface area contributed by atoms with Crippen molar-refractivity contribution in [3.63, 3.8) is 0 Å². The number of halogens is 5. The Kier molecular flexibility index (Phi) is 3.19. The quantitative estimate of drug-likeness (QED) is 0.808. The van der Waals surface area contributed by atoms with Gasteiger partial charge in [-0.05, 0) is 23.8 Å². The summed E-state index contributed by atoms with van der Waals surface area (Å²) < 4.78 is 67.6. The molecule has 2 N–H and O–H groups in total. The highest BCUT2D eigenvalue weighted by Gasteiger charge is 2.65. The lowest BCUT2D eigenvalue weighted by Gasteiger charge is -2.40. The summed E-state index contributed by atoms with van der Waals surface area (Å²) >= 11 is 0. The van der Waals surface area contributed by atoms with Crippen molar-refractivity contribution in [3.8, 4) is 0 Å². The van der Waals surface area contributed by atoms with Crippen molar-refractivity contribution in [2.75, 3.05) is 0 Å². The second-order valence-electron chi connectivity index (χ2n) is 4.25. The number of hydrogen-bond acceptors (Lipinski definition) is 3. The normalized spacial score (nSPS) is 15.9. The summed E-state index contributed by atoms with van der Waals surface area (Å²) in [5.74, 6) is 0.215. The summed E-state index contributed by atoms with van der Waals surface area (Å²) in [7, 11) is -9.62. The maximum absolute atomic E-state index is 12.5. The molecular weight excluding hydrogens is 315 g/mol. The monoisotopic (exact) mass is 326 g/mol. The van der Waals surface area contributed by atoms with Crippen LogP contribution in [0.3, 0.4) is 0 Å². The van der Waals surface area contributed by atoms with Crippen molar-refractivity contribution in [2.24, 2.45) is 5.73 Å². The highest BCUT2D eigenvalue weighted by atomic mass is 32.5. The average Bonchev–Trinajstić information content (AvgIpc) is 2.82. The molecule has 1 aromatic carbocycles. The summed E-state index contributed by atoms with van der Waals surface area (Å²) in [6.07, 6.45) is 4.13. The number of aromatic nitrogens is 1. The third kappa shape index (κ3) is 4.05. The molecule has 0 atom stereocenters. The number of hydrogen-bond donors (Lipinski definition) is 1. The summed E-state index contributed by atoms with van der Waals surface area (Å²) in [6, 6.07) is 2.58. The Morgan fingerprint density at radius 2 is 1.67 bits per heavy atom. The Bertz CT molecular complexity index is 676. The molecule has 0 aliphatic heterocycles. The molecule has 0 bridgehead atoms. The second kappa shape index (κ2) is 4.31. The molecule has 0 saturated heterocycles. The second-order valence-corrected chi connectivity index (χ2v) is 6.66. The number of benzene rings is 1. The summed E-state index contributed by atoms with van der Waals surface area (Å²) in [4.78, 5) is 2.03. The maximum atomic E-state index is 12.5. The van der Waals surface area contributed by atoms with Crippen LogP contribution in [0.15, 0.2) is 39.8 Å². The number of oxazole rings is 1. The predicted molar refractivity (Wildman–Crippen MR) is 71.2 cm³/mol. The summed E-state index contributed by atoms with van der Waals surface area (Å²) in [6.45, 7) is 0.190. The molecule has 116 valence electrons. The highest BCUT2D eigenvalue weighted by Crippen LogP contribution is 3.02. The molecule has 1 heterocycles. The van der Waals surface area contributed by atoms with Gasteiger partial charge in [0, 0.05) is 12.6 Å². The number of rotatable bonds is 4. The van der Waals surface area contributed by atoms with Crippen LogP contribution in [-0.4, -0.2) is 4.98 Å². The Balaban J connectivity index is 2.21. The van der Waals surface area contributed by atoms with Crippen molar-refractivity contribution in [3.05, 3.63) is 47.7 Å². The van der Waals surface area contributed by atoms with Gasteiger partial charge in [0.05, 0.1) is 5.69 Å². The standard InChI is InChI=1S/C12H11F5N2OS/c13-21(14,15,16,17)11-4-1-9(2-5-11)3-6-12-19-10(7-18)8-20-12/h1-6,8H,7,18H2. The van der Waals surface area contributed by atoms with Gasteiger partial charge in [-0.25, -0.2) is 4.98 Å². The zero-order valence-electron chi connectivity index (χ0n) is 10.5. The van der Waals surface area contributed by atoms with Gasteiger partial charge in [0.25, 0.3) is 0 Å². The predicted octanol–water partition coefficient (Wildman–Crippen LogP) is 4.96. The minimum atomic E-state index is -9.62. The van der Waals surface area contributed by atoms with Gasteiger partial charge in [0.15, 0.2) is 0 Å². The number of nitrogens with two attached hydrogens (primary N) is 1. The molecule has 21 heavy (non-hydrogen) atoms. The van der Waals surface area contributed by atoms with Crippen LogP contribution >= 0.6 is 10.2 Å². The van der Waals surface area contributed by atoms with Crippen LogP contribution < -0.4 is 5.73 Å². The van der Waals surface area contributed by atoms with Crippen LogP contribution in [0.4, 0.5) is 19.4 Å². The third-order valence-electron chi connectivity index (χ3n) is 2.52. The van der Waals surface area contributed by atoms with Crippen LogP contribution in [0.2, 0.25) is 0 Å². The van der Waals surface area contributed by atoms with E-state index in [1.54, 1.807) is 0 Å². The Hall–Kier alpha value is -1.87. The van der Waals surface area contributed by atoms with E-state index < -0.39 is 15.1 Å². The lowest BCUT2D eigenvalue weighted by atomic mass is 10.2. The van der Waals surface area contributed by atoms with Crippen molar-refractivity contribution in [2.45, 2.75) is 11.4 Å². The Morgan fingerprint density at radius 3 is 2.14 bits per heavy atom. The molecular formula is C12H11F5N2OS. The van der Waals surface area contributed by atoms with Crippen LogP contribution in [0.5, 0.6) is 0 Å². The SMILES string of the molecule is NCc1coc(C=Cc2ccc(S(F)(F)(F)(F)F)cc2)n1. The van der Waals surface area contributed by atoms with E-state index in [1.165, 1.54) is 18.4 Å². The zero-order chi connectivity index (χ0) is 15.8. The van der Waals surface area contributed by atoms with Gasteiger partial charge in [0.1, 0.15) is 11.2 Å². The van der Waals surface area contributed by atoms with Gasteiger partial charge in [-0.15, -0.1) is 0 Å². The molecule has 0 spiro atoms. The van der Waals surface area contributed by atoms with Crippen LogP contribution in [0.25, 0.3) is 12.2 Å². The van der Waals surface area contributed by atoms with Crippen molar-refractivity contribution < 1.29 is 23.8 Å². The minimum Gasteiger partial charge on any atom is -0.445 e. The van der Waals surface area contributed by atoms with Crippen molar-refractivity contribution in [1.29, 1.82) is 0 Å². The van der Waals surface area contributed by atoms with E-state index in [0.717, 1.165) is 12.1 Å². The molecule has 0 saturated carbocycles. The van der Waals surface area contributed by atoms with Gasteiger partial charge in [0.2, 0.25) is 5.89 Å². The molecule has 0 fully saturated rings. The molecule has 2 rings (SSSR count). The molecule has 9 heteroatoms. The van der Waals surface area contributed by atoms with E-state index in [2.05, 4.69) is 4.98 Å². The van der Waals surface area contributed by atoms with Crippen LogP contribution in [0, 0.1) is 0 Å². The number of nitrogens with zero attached hydrogens (tertiary/aromatic N) is 1. The molecule has 2 aromatic rings. The van der Waals surface area contributed by atoms with E-state index in [1.807, 2.05) is 0 Å². The topological polar surface area (TPSA) is 52.0 Å². The fourth-order valence-electron chi connectivity index (χ4n) is 1.50. The van der Waals surface area contributed by atoms with Gasteiger partial charge in [-0.1, -0.05) is 31.6 Å². The summed E-state index contributed by atoms with van der Waals surface area (Å²) in [5, 5.41) is 0. The first-order valence-corrected chi connectivity index (χ1v) is 7.60. The van der Waals surface area contributed by atoms with Gasteiger partial charge in [-0.2, -0.15) is 0 Å². The smallest absolute Gasteiger partial charge is 0.310 e. The Morgan fingerprint density at radius 1 is 1.05 bits per heavy atom. The lowest BCUT2D eigenvalue weighted by Crippen LogP contribution is -2.05. The van der Waals surface area contributed by atoms with Gasteiger partial charge >= 0.3 is 10.2 Å². The molecule has 0 aliphatic rings. The van der Waals surface area contributed by atoms with E-state index in [4.69, 9.17) is 10.2 Å². The average molecular weight is 326 g/mol. The van der Waals surface area contributed by atoms with Crippen molar-refractivity contribution in [1.82, 2.24) is 4.98 Å². The van der Waals surface area contributed by atoms with Gasteiger partial charge < -0.3 is 10.2 Å². The van der Waals surface area contributed by atoms with Gasteiger partial charge in [-0.3, -0.25) is 0 Å². The lowest BCUT2D eigenvalue weighted by molar-refractivity contribution is 0.364. The Labute approximate surface area is 117 Å². The van der Waals surface area contributed by atoms with Crippen LogP contribution in [0.1, 0.15) is 17.1 Å². The third-order valence-corrected chi connectivity index (χ3v) is 3.69. The van der Waals surface area contributed by atoms with E-state index in [-0.39, 0.29) is 12.4 Å². The first-order valence-electron chi connectivity index (χ1n) is 5.65. The molecule has 0 unspecified atom stereocenters. The minimum absolute atomic E-state index is 0.190. The van der Waals surface area contributed by atoms with E-state index in [9.17, 15) is 19.4 Å². The summed E-state index contributed by atoms with van der Waals surface area (Å²) in [5.41, 5.74) is 6.15. The highest BCUT2D eigenvalue weighted by molar-refractivity contribution is 8.45. The molecule has 3 nitrogen and oxygen atoms in total. The molecule has 0 aliphatic carbocycles. The van der Waals surface area contributed by atoms with E-state index in [0.29, 0.717) is 23.4 Å². The molecule has 1 aromatic heterocycles. The maximum Gasteiger partial charge on any atom is 0.310 e. The fourth-order valence-corrected chi connectivity index (χ4v) is 2.15. The largest absolute Gasteiger partial charge is 0.445 e. The first-order chi connectivity index (χ1) is 9.47. The van der Waals surface area contributed by atoms with Crippen molar-refractivity contribution >= 4 is 22.4 Å². The zero-order valence-corrected chi connectivity index (χ0v) is 11.3. The molecule has 0 radical (unpaired) electrons.